The van der Waals surface area contributed by atoms with E-state index in [1.165, 1.54) is 42.5 Å². The van der Waals surface area contributed by atoms with Gasteiger partial charge in [0.2, 0.25) is 0 Å². The minimum atomic E-state index is -4.25. The lowest BCUT2D eigenvalue weighted by Gasteiger charge is -2.15. The highest BCUT2D eigenvalue weighted by molar-refractivity contribution is 7.90. The second-order valence-corrected chi connectivity index (χ2v) is 8.53. The van der Waals surface area contributed by atoms with Crippen LogP contribution in [0.15, 0.2) is 59.6 Å². The number of carboxylic acid groups (broad SMARTS) is 1. The van der Waals surface area contributed by atoms with Crippen molar-refractivity contribution in [3.63, 3.8) is 0 Å². The van der Waals surface area contributed by atoms with Gasteiger partial charge in [-0.05, 0) is 30.3 Å². The zero-order valence-corrected chi connectivity index (χ0v) is 16.1. The van der Waals surface area contributed by atoms with Crippen LogP contribution in [0.25, 0.3) is 11.3 Å². The van der Waals surface area contributed by atoms with Crippen LogP contribution in [0.1, 0.15) is 15.9 Å². The molecule has 2 amide bonds. The first-order valence-corrected chi connectivity index (χ1v) is 10.1. The maximum Gasteiger partial charge on any atom is 0.414 e. The van der Waals surface area contributed by atoms with Gasteiger partial charge >= 0.3 is 6.09 Å². The smallest absolute Gasteiger partial charge is 0.414 e. The molecule has 1 aliphatic rings. The van der Waals surface area contributed by atoms with Crippen LogP contribution in [0.5, 0.6) is 0 Å². The Labute approximate surface area is 169 Å². The summed E-state index contributed by atoms with van der Waals surface area (Å²) in [5.41, 5.74) is -0.168. The van der Waals surface area contributed by atoms with E-state index in [4.69, 9.17) is 11.6 Å². The molecule has 0 saturated heterocycles. The van der Waals surface area contributed by atoms with E-state index in [1.807, 2.05) is 0 Å². The number of nitrogens with zero attached hydrogens (tertiary/aromatic N) is 2. The van der Waals surface area contributed by atoms with Gasteiger partial charge in [0.15, 0.2) is 0 Å². The Kier molecular flexibility index (Phi) is 4.44. The van der Waals surface area contributed by atoms with Crippen LogP contribution in [0.3, 0.4) is 0 Å². The van der Waals surface area contributed by atoms with E-state index in [-0.39, 0.29) is 38.8 Å². The summed E-state index contributed by atoms with van der Waals surface area (Å²) >= 11 is 5.91. The highest BCUT2D eigenvalue weighted by Gasteiger charge is 2.39. The molecule has 1 N–H and O–H groups in total. The second-order valence-electron chi connectivity index (χ2n) is 6.28. The molecule has 1 aromatic heterocycles. The molecule has 2 aromatic carbocycles. The number of rotatable bonds is 3. The Morgan fingerprint density at radius 2 is 1.83 bits per heavy atom. The minimum Gasteiger partial charge on any atom is -0.465 e. The summed E-state index contributed by atoms with van der Waals surface area (Å²) in [6.07, 6.45) is -0.451. The van der Waals surface area contributed by atoms with E-state index in [0.29, 0.717) is 4.90 Å². The Balaban J connectivity index is 2.01. The molecule has 0 radical (unpaired) electrons. The normalized spacial score (nSPS) is 13.6. The van der Waals surface area contributed by atoms with Crippen LogP contribution in [-0.2, 0) is 16.6 Å². The number of carbonyl (C=O) groups is 2. The van der Waals surface area contributed by atoms with Crippen LogP contribution in [-0.4, -0.2) is 34.4 Å². The lowest BCUT2D eigenvalue weighted by Crippen LogP contribution is -2.30. The number of fused-ring (bicyclic) bond motifs is 1. The molecule has 0 bridgehead atoms. The monoisotopic (exact) mass is 434 g/mol. The van der Waals surface area contributed by atoms with Crippen LogP contribution < -0.4 is 0 Å². The van der Waals surface area contributed by atoms with E-state index >= 15 is 0 Å². The molecule has 7 nitrogen and oxygen atoms in total. The molecule has 29 heavy (non-hydrogen) atoms. The average Bonchev–Trinajstić information content (AvgIpc) is 3.20. The molecule has 148 valence electrons. The minimum absolute atomic E-state index is 0.0700. The molecule has 0 saturated carbocycles. The summed E-state index contributed by atoms with van der Waals surface area (Å²) in [4.78, 5) is 24.2. The molecule has 0 aliphatic carbocycles. The van der Waals surface area contributed by atoms with Gasteiger partial charge in [-0.25, -0.2) is 26.5 Å². The fourth-order valence-corrected chi connectivity index (χ4v) is 4.96. The highest BCUT2D eigenvalue weighted by atomic mass is 35.5. The summed E-state index contributed by atoms with van der Waals surface area (Å²) in [5, 5.41) is 9.41. The van der Waals surface area contributed by atoms with Crippen molar-refractivity contribution >= 4 is 33.6 Å². The number of halogens is 2. The van der Waals surface area contributed by atoms with Gasteiger partial charge in [-0.1, -0.05) is 29.8 Å². The summed E-state index contributed by atoms with van der Waals surface area (Å²) < 4.78 is 41.9. The van der Waals surface area contributed by atoms with Gasteiger partial charge in [0.05, 0.1) is 22.7 Å². The SMILES string of the molecule is O=C(O)N1Cc2c(cn(S(=O)(=O)c3cccc(Cl)c3)c2-c2ccccc2F)C1=O. The standard InChI is InChI=1S/C19H12ClFN2O5S/c20-11-4-3-5-12(8-11)29(27,28)23-10-15-14(9-22(18(15)24)19(25)26)17(23)13-6-1-2-7-16(13)21/h1-8,10H,9H2,(H,25,26). The molecule has 10 heteroatoms. The number of hydrogen-bond donors (Lipinski definition) is 1. The molecular weight excluding hydrogens is 423 g/mol. The van der Waals surface area contributed by atoms with Gasteiger partial charge in [0, 0.05) is 22.3 Å². The van der Waals surface area contributed by atoms with Crippen LogP contribution in [0.4, 0.5) is 9.18 Å². The van der Waals surface area contributed by atoms with Crippen molar-refractivity contribution in [3.05, 3.63) is 76.7 Å². The molecule has 3 aromatic rings. The molecule has 0 fully saturated rings. The Morgan fingerprint density at radius 1 is 1.10 bits per heavy atom. The largest absolute Gasteiger partial charge is 0.465 e. The van der Waals surface area contributed by atoms with Crippen molar-refractivity contribution in [1.29, 1.82) is 0 Å². The van der Waals surface area contributed by atoms with Crippen molar-refractivity contribution in [2.45, 2.75) is 11.4 Å². The third-order valence-corrected chi connectivity index (χ3v) is 6.47. The number of aromatic nitrogens is 1. The lowest BCUT2D eigenvalue weighted by molar-refractivity contribution is 0.0763. The van der Waals surface area contributed by atoms with E-state index in [1.54, 1.807) is 0 Å². The Morgan fingerprint density at radius 3 is 2.48 bits per heavy atom. The van der Waals surface area contributed by atoms with Gasteiger partial charge in [-0.3, -0.25) is 4.79 Å². The van der Waals surface area contributed by atoms with Crippen molar-refractivity contribution in [1.82, 2.24) is 8.87 Å². The number of benzene rings is 2. The zero-order chi connectivity index (χ0) is 20.9. The number of carbonyl (C=O) groups excluding carboxylic acids is 1. The van der Waals surface area contributed by atoms with E-state index < -0.39 is 27.8 Å². The Bertz CT molecular complexity index is 1290. The number of hydrogen-bond acceptors (Lipinski definition) is 4. The highest BCUT2D eigenvalue weighted by Crippen LogP contribution is 2.38. The van der Waals surface area contributed by atoms with Crippen LogP contribution >= 0.6 is 11.6 Å². The van der Waals surface area contributed by atoms with Gasteiger partial charge in [0.25, 0.3) is 15.9 Å². The van der Waals surface area contributed by atoms with E-state index in [2.05, 4.69) is 0 Å². The van der Waals surface area contributed by atoms with E-state index in [9.17, 15) is 27.5 Å². The van der Waals surface area contributed by atoms with E-state index in [0.717, 1.165) is 16.2 Å². The van der Waals surface area contributed by atoms with Crippen molar-refractivity contribution in [2.75, 3.05) is 0 Å². The third kappa shape index (κ3) is 2.99. The molecule has 0 unspecified atom stereocenters. The summed E-state index contributed by atoms with van der Waals surface area (Å²) in [7, 11) is -4.25. The fraction of sp³-hybridized carbons (Fsp3) is 0.0526. The second kappa shape index (κ2) is 6.71. The average molecular weight is 435 g/mol. The van der Waals surface area contributed by atoms with Gasteiger partial charge < -0.3 is 5.11 Å². The topological polar surface area (TPSA) is 96.7 Å². The third-order valence-electron chi connectivity index (χ3n) is 4.58. The van der Waals surface area contributed by atoms with Gasteiger partial charge in [0.1, 0.15) is 5.82 Å². The van der Waals surface area contributed by atoms with Crippen molar-refractivity contribution in [3.8, 4) is 11.3 Å². The van der Waals surface area contributed by atoms with Crippen LogP contribution in [0, 0.1) is 5.82 Å². The summed E-state index contributed by atoms with van der Waals surface area (Å²) in [6.45, 7) is -0.384. The first kappa shape index (κ1) is 19.2. The maximum atomic E-state index is 14.6. The van der Waals surface area contributed by atoms with Crippen molar-refractivity contribution in [2.24, 2.45) is 0 Å². The van der Waals surface area contributed by atoms with Gasteiger partial charge in [-0.2, -0.15) is 0 Å². The number of amides is 2. The Hall–Kier alpha value is -3.17. The summed E-state index contributed by atoms with van der Waals surface area (Å²) in [5.74, 6) is -1.58. The molecule has 4 rings (SSSR count). The zero-order valence-electron chi connectivity index (χ0n) is 14.5. The van der Waals surface area contributed by atoms with Crippen molar-refractivity contribution < 1.29 is 27.5 Å². The molecule has 0 atom stereocenters. The molecular formula is C19H12ClFN2O5S. The lowest BCUT2D eigenvalue weighted by atomic mass is 10.1. The first-order chi connectivity index (χ1) is 13.7. The fourth-order valence-electron chi connectivity index (χ4n) is 3.26. The molecule has 0 spiro atoms. The molecule has 2 heterocycles. The van der Waals surface area contributed by atoms with Gasteiger partial charge in [-0.15, -0.1) is 0 Å². The first-order valence-electron chi connectivity index (χ1n) is 8.27. The number of imide groups is 1. The molecule has 1 aliphatic heterocycles. The quantitative estimate of drug-likeness (QED) is 0.676. The predicted molar refractivity (Wildman–Crippen MR) is 102 cm³/mol. The predicted octanol–water partition coefficient (Wildman–Crippen LogP) is 3.82. The van der Waals surface area contributed by atoms with Crippen LogP contribution in [0.2, 0.25) is 5.02 Å². The maximum absolute atomic E-state index is 14.6. The summed E-state index contributed by atoms with van der Waals surface area (Å²) in [6, 6.07) is 11.0.